The van der Waals surface area contributed by atoms with Crippen LogP contribution in [0.2, 0.25) is 0 Å². The Bertz CT molecular complexity index is 335. The maximum absolute atomic E-state index is 11.9. The van der Waals surface area contributed by atoms with Crippen molar-refractivity contribution in [3.8, 4) is 6.07 Å². The fraction of sp³-hybridized carbons (Fsp3) is 0.857. The lowest BCUT2D eigenvalue weighted by Gasteiger charge is -2.34. The molecule has 18 heavy (non-hydrogen) atoms. The largest absolute Gasteiger partial charge is 0.355 e. The fourth-order valence-electron chi connectivity index (χ4n) is 2.83. The molecule has 0 atom stereocenters. The van der Waals surface area contributed by atoms with Crippen LogP contribution in [0, 0.1) is 22.7 Å². The van der Waals surface area contributed by atoms with Gasteiger partial charge < -0.3 is 10.2 Å². The molecule has 4 heteroatoms. The number of nitriles is 1. The standard InChI is InChI=1S/C14H23N3O/c1-17-9-4-12(5-10-17)3-8-16-13(18)14(11-15)6-2-7-14/h12H,2-10H2,1H3,(H,16,18). The number of nitrogens with one attached hydrogen (secondary N) is 1. The van der Waals surface area contributed by atoms with Crippen molar-refractivity contribution in [2.75, 3.05) is 26.7 Å². The lowest BCUT2D eigenvalue weighted by Crippen LogP contribution is -2.45. The first-order chi connectivity index (χ1) is 8.66. The monoisotopic (exact) mass is 249 g/mol. The molecule has 1 amide bonds. The number of carbonyl (C=O) groups is 1. The van der Waals surface area contributed by atoms with E-state index in [-0.39, 0.29) is 5.91 Å². The molecule has 100 valence electrons. The second kappa shape index (κ2) is 5.71. The number of likely N-dealkylation sites (tertiary alicyclic amines) is 1. The van der Waals surface area contributed by atoms with Gasteiger partial charge in [0, 0.05) is 6.54 Å². The van der Waals surface area contributed by atoms with Crippen molar-refractivity contribution in [2.24, 2.45) is 11.3 Å². The minimum Gasteiger partial charge on any atom is -0.355 e. The van der Waals surface area contributed by atoms with Crippen LogP contribution < -0.4 is 5.32 Å². The number of rotatable bonds is 4. The average Bonchev–Trinajstić information content (AvgIpc) is 2.31. The van der Waals surface area contributed by atoms with Crippen LogP contribution in [0.5, 0.6) is 0 Å². The summed E-state index contributed by atoms with van der Waals surface area (Å²) >= 11 is 0. The molecule has 1 aliphatic carbocycles. The van der Waals surface area contributed by atoms with Crippen LogP contribution in [0.4, 0.5) is 0 Å². The van der Waals surface area contributed by atoms with Crippen LogP contribution in [-0.2, 0) is 4.79 Å². The highest BCUT2D eigenvalue weighted by atomic mass is 16.2. The smallest absolute Gasteiger partial charge is 0.240 e. The normalized spacial score (nSPS) is 24.0. The maximum Gasteiger partial charge on any atom is 0.240 e. The SMILES string of the molecule is CN1CCC(CCNC(=O)C2(C#N)CCC2)CC1. The molecule has 2 fully saturated rings. The summed E-state index contributed by atoms with van der Waals surface area (Å²) in [6.45, 7) is 3.07. The molecule has 2 rings (SSSR count). The Morgan fingerprint density at radius 2 is 2.11 bits per heavy atom. The maximum atomic E-state index is 11.9. The Morgan fingerprint density at radius 3 is 2.61 bits per heavy atom. The molecule has 2 aliphatic rings. The number of amides is 1. The van der Waals surface area contributed by atoms with E-state index in [2.05, 4.69) is 23.3 Å². The van der Waals surface area contributed by atoms with E-state index in [4.69, 9.17) is 5.26 Å². The Hall–Kier alpha value is -1.08. The van der Waals surface area contributed by atoms with E-state index >= 15 is 0 Å². The molecule has 1 N–H and O–H groups in total. The van der Waals surface area contributed by atoms with Gasteiger partial charge in [0.15, 0.2) is 0 Å². The minimum absolute atomic E-state index is 0.0378. The summed E-state index contributed by atoms with van der Waals surface area (Å²) in [4.78, 5) is 14.3. The van der Waals surface area contributed by atoms with Gasteiger partial charge in [-0.1, -0.05) is 0 Å². The van der Waals surface area contributed by atoms with Gasteiger partial charge in [-0.25, -0.2) is 0 Å². The zero-order valence-corrected chi connectivity index (χ0v) is 11.2. The van der Waals surface area contributed by atoms with Crippen molar-refractivity contribution < 1.29 is 4.79 Å². The van der Waals surface area contributed by atoms with Crippen LogP contribution in [0.25, 0.3) is 0 Å². The second-order valence-electron chi connectivity index (χ2n) is 5.84. The summed E-state index contributed by atoms with van der Waals surface area (Å²) in [5, 5.41) is 12.0. The van der Waals surface area contributed by atoms with Crippen molar-refractivity contribution in [3.63, 3.8) is 0 Å². The van der Waals surface area contributed by atoms with E-state index in [1.165, 1.54) is 25.9 Å². The molecule has 0 radical (unpaired) electrons. The Kier molecular flexibility index (Phi) is 4.23. The highest BCUT2D eigenvalue weighted by Crippen LogP contribution is 2.40. The van der Waals surface area contributed by atoms with Crippen LogP contribution in [0.15, 0.2) is 0 Å². The fourth-order valence-corrected chi connectivity index (χ4v) is 2.83. The highest BCUT2D eigenvalue weighted by Gasteiger charge is 2.44. The first-order valence-corrected chi connectivity index (χ1v) is 7.04. The minimum atomic E-state index is -0.688. The summed E-state index contributed by atoms with van der Waals surface area (Å²) in [6.07, 6.45) is 6.01. The number of piperidine rings is 1. The predicted octanol–water partition coefficient (Wildman–Crippen LogP) is 1.53. The van der Waals surface area contributed by atoms with E-state index in [9.17, 15) is 4.79 Å². The van der Waals surface area contributed by atoms with E-state index in [0.717, 1.165) is 38.1 Å². The summed E-state index contributed by atoms with van der Waals surface area (Å²) in [5.74, 6) is 0.699. The zero-order chi connectivity index (χ0) is 13.0. The molecule has 1 heterocycles. The average molecular weight is 249 g/mol. The van der Waals surface area contributed by atoms with E-state index in [0.29, 0.717) is 0 Å². The quantitative estimate of drug-likeness (QED) is 0.822. The number of carbonyl (C=O) groups excluding carboxylic acids is 1. The molecule has 1 saturated carbocycles. The van der Waals surface area contributed by atoms with Gasteiger partial charge in [-0.15, -0.1) is 0 Å². The summed E-state index contributed by atoms with van der Waals surface area (Å²) in [7, 11) is 2.16. The van der Waals surface area contributed by atoms with Crippen LogP contribution in [0.1, 0.15) is 38.5 Å². The third-order valence-corrected chi connectivity index (χ3v) is 4.53. The number of hydrogen-bond acceptors (Lipinski definition) is 3. The second-order valence-corrected chi connectivity index (χ2v) is 5.84. The van der Waals surface area contributed by atoms with Crippen LogP contribution in [0.3, 0.4) is 0 Å². The molecule has 0 unspecified atom stereocenters. The lowest BCUT2D eigenvalue weighted by atomic mass is 9.69. The molecule has 0 aromatic carbocycles. The van der Waals surface area contributed by atoms with Gasteiger partial charge in [0.05, 0.1) is 6.07 Å². The Balaban J connectivity index is 1.66. The van der Waals surface area contributed by atoms with Gasteiger partial charge in [0.1, 0.15) is 5.41 Å². The van der Waals surface area contributed by atoms with Gasteiger partial charge >= 0.3 is 0 Å². The van der Waals surface area contributed by atoms with E-state index < -0.39 is 5.41 Å². The third-order valence-electron chi connectivity index (χ3n) is 4.53. The van der Waals surface area contributed by atoms with Crippen molar-refractivity contribution in [3.05, 3.63) is 0 Å². The van der Waals surface area contributed by atoms with Crippen molar-refractivity contribution in [2.45, 2.75) is 38.5 Å². The van der Waals surface area contributed by atoms with Gasteiger partial charge in [-0.3, -0.25) is 4.79 Å². The number of hydrogen-bond donors (Lipinski definition) is 1. The highest BCUT2D eigenvalue weighted by molar-refractivity contribution is 5.86. The molecule has 0 spiro atoms. The summed E-state index contributed by atoms with van der Waals surface area (Å²) < 4.78 is 0. The first kappa shape index (κ1) is 13.4. The molecule has 0 bridgehead atoms. The summed E-state index contributed by atoms with van der Waals surface area (Å²) in [6, 6.07) is 2.19. The van der Waals surface area contributed by atoms with Gasteiger partial charge in [-0.2, -0.15) is 5.26 Å². The predicted molar refractivity (Wildman–Crippen MR) is 69.7 cm³/mol. The molecule has 4 nitrogen and oxygen atoms in total. The molecule has 1 saturated heterocycles. The van der Waals surface area contributed by atoms with Crippen LogP contribution >= 0.6 is 0 Å². The molecule has 0 aromatic heterocycles. The van der Waals surface area contributed by atoms with Gasteiger partial charge in [0.2, 0.25) is 5.91 Å². The van der Waals surface area contributed by atoms with Crippen molar-refractivity contribution in [1.29, 1.82) is 5.26 Å². The van der Waals surface area contributed by atoms with E-state index in [1.54, 1.807) is 0 Å². The Morgan fingerprint density at radius 1 is 1.44 bits per heavy atom. The first-order valence-electron chi connectivity index (χ1n) is 7.04. The molecular weight excluding hydrogens is 226 g/mol. The van der Waals surface area contributed by atoms with Crippen molar-refractivity contribution in [1.82, 2.24) is 10.2 Å². The van der Waals surface area contributed by atoms with Gasteiger partial charge in [-0.05, 0) is 64.6 Å². The summed E-state index contributed by atoms with van der Waals surface area (Å²) in [5.41, 5.74) is -0.688. The third kappa shape index (κ3) is 2.84. The van der Waals surface area contributed by atoms with Crippen LogP contribution in [-0.4, -0.2) is 37.5 Å². The topological polar surface area (TPSA) is 56.1 Å². The lowest BCUT2D eigenvalue weighted by molar-refractivity contribution is -0.131. The molecule has 0 aromatic rings. The van der Waals surface area contributed by atoms with Gasteiger partial charge in [0.25, 0.3) is 0 Å². The van der Waals surface area contributed by atoms with Crippen molar-refractivity contribution >= 4 is 5.91 Å². The number of nitrogens with zero attached hydrogens (tertiary/aromatic N) is 2. The Labute approximate surface area is 109 Å². The zero-order valence-electron chi connectivity index (χ0n) is 11.2. The molecular formula is C14H23N3O. The van der Waals surface area contributed by atoms with E-state index in [1.807, 2.05) is 0 Å². The molecule has 1 aliphatic heterocycles.